The van der Waals surface area contributed by atoms with Crippen LogP contribution in [0.15, 0.2) is 12.2 Å². The maximum absolute atomic E-state index is 12.0. The van der Waals surface area contributed by atoms with Crippen molar-refractivity contribution >= 4 is 11.9 Å². The van der Waals surface area contributed by atoms with Gasteiger partial charge in [-0.1, -0.05) is 19.9 Å². The third-order valence-corrected chi connectivity index (χ3v) is 3.21. The molecule has 1 saturated carbocycles. The molecule has 0 spiro atoms. The van der Waals surface area contributed by atoms with E-state index in [-0.39, 0.29) is 23.2 Å². The molecule has 1 aliphatic carbocycles. The van der Waals surface area contributed by atoms with E-state index in [2.05, 4.69) is 4.74 Å². The number of rotatable bonds is 3. The van der Waals surface area contributed by atoms with Gasteiger partial charge < -0.3 is 9.47 Å². The quantitative estimate of drug-likeness (QED) is 0.573. The molecule has 0 N–H and O–H groups in total. The summed E-state index contributed by atoms with van der Waals surface area (Å²) >= 11 is 0. The van der Waals surface area contributed by atoms with E-state index in [9.17, 15) is 9.59 Å². The molecule has 0 aromatic rings. The molecule has 1 rings (SSSR count). The normalized spacial score (nSPS) is 25.9. The van der Waals surface area contributed by atoms with Crippen LogP contribution in [0.5, 0.6) is 0 Å². The summed E-state index contributed by atoms with van der Waals surface area (Å²) < 4.78 is 9.90. The van der Waals surface area contributed by atoms with Crippen LogP contribution in [-0.2, 0) is 19.1 Å². The number of carbonyl (C=O) groups is 2. The molecule has 0 saturated heterocycles. The number of carbonyl (C=O) groups excluding carboxylic acids is 2. The number of hydrogen-bond donors (Lipinski definition) is 0. The molecule has 1 aliphatic rings. The summed E-state index contributed by atoms with van der Waals surface area (Å²) in [6.45, 7) is 9.53. The highest BCUT2D eigenvalue weighted by Crippen LogP contribution is 2.59. The summed E-state index contributed by atoms with van der Waals surface area (Å²) in [6, 6.07) is 0. The van der Waals surface area contributed by atoms with Gasteiger partial charge in [-0.15, -0.1) is 0 Å². The highest BCUT2D eigenvalue weighted by Gasteiger charge is 2.61. The summed E-state index contributed by atoms with van der Waals surface area (Å²) in [6.07, 6.45) is 3.11. The maximum atomic E-state index is 12.0. The molecule has 4 heteroatoms. The highest BCUT2D eigenvalue weighted by molar-refractivity contribution is 5.83. The predicted octanol–water partition coefficient (Wildman–Crippen LogP) is 2.33. The van der Waals surface area contributed by atoms with Crippen LogP contribution in [0.4, 0.5) is 0 Å². The molecule has 0 aliphatic heterocycles. The summed E-state index contributed by atoms with van der Waals surface area (Å²) in [7, 11) is 1.33. The van der Waals surface area contributed by atoms with E-state index in [4.69, 9.17) is 4.74 Å². The predicted molar refractivity (Wildman–Crippen MR) is 67.8 cm³/mol. The smallest absolute Gasteiger partial charge is 0.330 e. The Morgan fingerprint density at radius 1 is 1.22 bits per heavy atom. The summed E-state index contributed by atoms with van der Waals surface area (Å²) in [5, 5.41) is 0. The van der Waals surface area contributed by atoms with Crippen LogP contribution >= 0.6 is 0 Å². The number of allylic oxidation sites excluding steroid dienone is 1. The molecule has 0 aromatic carbocycles. The Kier molecular flexibility index (Phi) is 3.89. The number of ether oxygens (including phenoxy) is 2. The fourth-order valence-electron chi connectivity index (χ4n) is 2.10. The van der Waals surface area contributed by atoms with Gasteiger partial charge in [-0.05, 0) is 32.1 Å². The van der Waals surface area contributed by atoms with E-state index in [1.807, 2.05) is 34.6 Å². The van der Waals surface area contributed by atoms with E-state index in [0.29, 0.717) is 0 Å². The second-order valence-electron chi connectivity index (χ2n) is 6.24. The van der Waals surface area contributed by atoms with Crippen LogP contribution in [-0.4, -0.2) is 24.6 Å². The first-order valence-corrected chi connectivity index (χ1v) is 6.08. The van der Waals surface area contributed by atoms with Crippen molar-refractivity contribution in [2.24, 2.45) is 17.3 Å². The van der Waals surface area contributed by atoms with E-state index in [0.717, 1.165) is 0 Å². The molecule has 18 heavy (non-hydrogen) atoms. The maximum Gasteiger partial charge on any atom is 0.330 e. The summed E-state index contributed by atoms with van der Waals surface area (Å²) in [4.78, 5) is 23.0. The number of methoxy groups -OCH3 is 1. The van der Waals surface area contributed by atoms with Crippen LogP contribution in [0.3, 0.4) is 0 Å². The van der Waals surface area contributed by atoms with E-state index >= 15 is 0 Å². The first-order valence-electron chi connectivity index (χ1n) is 6.08. The standard InChI is InChI=1S/C14H22O4/c1-13(2,3)18-12(16)11-9(14(11,4)5)7-8-10(15)17-6/h7-9,11H,1-6H3/t9-,11-/m0/s1. The zero-order valence-electron chi connectivity index (χ0n) is 11.9. The molecular weight excluding hydrogens is 232 g/mol. The monoisotopic (exact) mass is 254 g/mol. The summed E-state index contributed by atoms with van der Waals surface area (Å²) in [5.74, 6) is -0.753. The minimum Gasteiger partial charge on any atom is -0.466 e. The Morgan fingerprint density at radius 2 is 1.78 bits per heavy atom. The van der Waals surface area contributed by atoms with Gasteiger partial charge in [0.25, 0.3) is 0 Å². The highest BCUT2D eigenvalue weighted by atomic mass is 16.6. The summed E-state index contributed by atoms with van der Waals surface area (Å²) in [5.41, 5.74) is -0.640. The first kappa shape index (κ1) is 14.7. The zero-order chi connectivity index (χ0) is 14.1. The van der Waals surface area contributed by atoms with Gasteiger partial charge in [-0.25, -0.2) is 4.79 Å². The third-order valence-electron chi connectivity index (χ3n) is 3.21. The average Bonchev–Trinajstić information content (AvgIpc) is 2.74. The molecule has 0 bridgehead atoms. The minimum atomic E-state index is -0.480. The van der Waals surface area contributed by atoms with Crippen molar-refractivity contribution in [3.05, 3.63) is 12.2 Å². The van der Waals surface area contributed by atoms with Gasteiger partial charge in [-0.3, -0.25) is 4.79 Å². The first-order chi connectivity index (χ1) is 8.09. The molecule has 0 aromatic heterocycles. The Bertz CT molecular complexity index is 374. The minimum absolute atomic E-state index is 0.0337. The Hall–Kier alpha value is -1.32. The lowest BCUT2D eigenvalue weighted by Crippen LogP contribution is -2.26. The lowest BCUT2D eigenvalue weighted by atomic mass is 10.1. The van der Waals surface area contributed by atoms with Crippen molar-refractivity contribution in [2.45, 2.75) is 40.2 Å². The van der Waals surface area contributed by atoms with Gasteiger partial charge in [0, 0.05) is 6.08 Å². The van der Waals surface area contributed by atoms with Gasteiger partial charge in [0.1, 0.15) is 5.60 Å². The molecule has 0 unspecified atom stereocenters. The fourth-order valence-corrected chi connectivity index (χ4v) is 2.10. The molecule has 0 radical (unpaired) electrons. The SMILES string of the molecule is COC(=O)C=C[C@H]1[C@@H](C(=O)OC(C)(C)C)C1(C)C. The third kappa shape index (κ3) is 3.34. The van der Waals surface area contributed by atoms with Gasteiger partial charge >= 0.3 is 11.9 Å². The van der Waals surface area contributed by atoms with Crippen molar-refractivity contribution in [3.63, 3.8) is 0 Å². The topological polar surface area (TPSA) is 52.6 Å². The lowest BCUT2D eigenvalue weighted by molar-refractivity contribution is -0.157. The molecule has 0 amide bonds. The van der Waals surface area contributed by atoms with Gasteiger partial charge in [0.2, 0.25) is 0 Å². The lowest BCUT2D eigenvalue weighted by Gasteiger charge is -2.19. The van der Waals surface area contributed by atoms with Crippen molar-refractivity contribution in [2.75, 3.05) is 7.11 Å². The zero-order valence-corrected chi connectivity index (χ0v) is 11.9. The molecule has 4 nitrogen and oxygen atoms in total. The van der Waals surface area contributed by atoms with E-state index in [1.54, 1.807) is 6.08 Å². The largest absolute Gasteiger partial charge is 0.466 e. The van der Waals surface area contributed by atoms with E-state index < -0.39 is 11.6 Å². The Labute approximate surface area is 108 Å². The second kappa shape index (κ2) is 4.75. The van der Waals surface area contributed by atoms with E-state index in [1.165, 1.54) is 13.2 Å². The Balaban J connectivity index is 2.66. The molecule has 1 fully saturated rings. The average molecular weight is 254 g/mol. The van der Waals surface area contributed by atoms with Crippen LogP contribution < -0.4 is 0 Å². The molecular formula is C14H22O4. The van der Waals surface area contributed by atoms with Crippen molar-refractivity contribution < 1.29 is 19.1 Å². The van der Waals surface area contributed by atoms with Crippen LogP contribution in [0.25, 0.3) is 0 Å². The molecule has 102 valence electrons. The van der Waals surface area contributed by atoms with Crippen LogP contribution in [0.2, 0.25) is 0 Å². The molecule has 2 atom stereocenters. The second-order valence-corrected chi connectivity index (χ2v) is 6.24. The van der Waals surface area contributed by atoms with Gasteiger partial charge in [0.15, 0.2) is 0 Å². The van der Waals surface area contributed by atoms with Crippen LogP contribution in [0, 0.1) is 17.3 Å². The number of hydrogen-bond acceptors (Lipinski definition) is 4. The van der Waals surface area contributed by atoms with Crippen molar-refractivity contribution in [3.8, 4) is 0 Å². The van der Waals surface area contributed by atoms with Gasteiger partial charge in [0.05, 0.1) is 13.0 Å². The Morgan fingerprint density at radius 3 is 2.22 bits per heavy atom. The molecule has 0 heterocycles. The van der Waals surface area contributed by atoms with Crippen molar-refractivity contribution in [1.29, 1.82) is 0 Å². The van der Waals surface area contributed by atoms with Crippen LogP contribution in [0.1, 0.15) is 34.6 Å². The van der Waals surface area contributed by atoms with Gasteiger partial charge in [-0.2, -0.15) is 0 Å². The number of esters is 2. The fraction of sp³-hybridized carbons (Fsp3) is 0.714. The van der Waals surface area contributed by atoms with Crippen molar-refractivity contribution in [1.82, 2.24) is 0 Å².